The van der Waals surface area contributed by atoms with Crippen LogP contribution in [0.1, 0.15) is 6.92 Å². The number of aromatic nitrogens is 2. The second kappa shape index (κ2) is 7.48. The number of nitrogens with two attached hydrogens (primary N) is 1. The summed E-state index contributed by atoms with van der Waals surface area (Å²) in [6.45, 7) is 2.96. The Labute approximate surface area is 175 Å². The largest absolute Gasteiger partial charge is 0.398 e. The Kier molecular flexibility index (Phi) is 4.52. The molecule has 3 N–H and O–H groups in total. The smallest absolute Gasteiger partial charge is 0.239 e. The molecule has 0 saturated carbocycles. The number of rotatable bonds is 4. The summed E-state index contributed by atoms with van der Waals surface area (Å²) < 4.78 is 2.24. The lowest BCUT2D eigenvalue weighted by Gasteiger charge is -2.10. The molecule has 5 aromatic rings. The number of para-hydroxylation sites is 1. The SMILES string of the molecule is CCNc1ccc2nc3cc(-c4ccccc4)c(N)cc3[n+](-c3ccccc3)c2c1. The minimum Gasteiger partial charge on any atom is -0.398 e. The molecule has 0 spiro atoms. The monoisotopic (exact) mass is 391 g/mol. The van der Waals surface area contributed by atoms with Gasteiger partial charge in [-0.05, 0) is 30.7 Å². The number of nitrogens with zero attached hydrogens (tertiary/aromatic N) is 2. The average molecular weight is 391 g/mol. The van der Waals surface area contributed by atoms with E-state index < -0.39 is 0 Å². The van der Waals surface area contributed by atoms with Crippen LogP contribution in [0, 0.1) is 0 Å². The van der Waals surface area contributed by atoms with Crippen LogP contribution >= 0.6 is 0 Å². The van der Waals surface area contributed by atoms with Crippen LogP contribution in [0.25, 0.3) is 38.9 Å². The van der Waals surface area contributed by atoms with Gasteiger partial charge >= 0.3 is 0 Å². The quantitative estimate of drug-likeness (QED) is 0.247. The second-order valence-electron chi connectivity index (χ2n) is 7.31. The lowest BCUT2D eigenvalue weighted by molar-refractivity contribution is -0.538. The third-order valence-corrected chi connectivity index (χ3v) is 5.32. The van der Waals surface area contributed by atoms with E-state index in [0.29, 0.717) is 0 Å². The number of fused-ring (bicyclic) bond motifs is 2. The van der Waals surface area contributed by atoms with Gasteiger partial charge in [-0.15, -0.1) is 4.57 Å². The van der Waals surface area contributed by atoms with E-state index >= 15 is 0 Å². The summed E-state index contributed by atoms with van der Waals surface area (Å²) >= 11 is 0. The first-order chi connectivity index (χ1) is 14.7. The van der Waals surface area contributed by atoms with Crippen molar-refractivity contribution < 1.29 is 4.57 Å². The Morgan fingerprint density at radius 1 is 0.800 bits per heavy atom. The molecular formula is C26H23N4+. The Morgan fingerprint density at radius 3 is 2.23 bits per heavy atom. The third-order valence-electron chi connectivity index (χ3n) is 5.32. The fraction of sp³-hybridized carbons (Fsp3) is 0.0769. The minimum absolute atomic E-state index is 0.738. The van der Waals surface area contributed by atoms with E-state index in [2.05, 4.69) is 77.5 Å². The molecule has 0 aliphatic rings. The van der Waals surface area contributed by atoms with Crippen molar-refractivity contribution in [3.05, 3.63) is 91.0 Å². The van der Waals surface area contributed by atoms with Crippen LogP contribution in [0.4, 0.5) is 11.4 Å². The molecule has 0 unspecified atom stereocenters. The summed E-state index contributed by atoms with van der Waals surface area (Å²) in [5, 5.41) is 3.40. The molecule has 5 rings (SSSR count). The predicted octanol–water partition coefficient (Wildman–Crippen LogP) is 5.35. The molecule has 0 radical (unpaired) electrons. The lowest BCUT2D eigenvalue weighted by atomic mass is 10.0. The maximum atomic E-state index is 6.53. The summed E-state index contributed by atoms with van der Waals surface area (Å²) in [4.78, 5) is 4.99. The highest BCUT2D eigenvalue weighted by Crippen LogP contribution is 2.30. The van der Waals surface area contributed by atoms with Crippen LogP contribution in [-0.4, -0.2) is 11.5 Å². The van der Waals surface area contributed by atoms with E-state index in [-0.39, 0.29) is 0 Å². The molecule has 4 nitrogen and oxygen atoms in total. The maximum Gasteiger partial charge on any atom is 0.239 e. The molecular weight excluding hydrogens is 368 g/mol. The summed E-state index contributed by atoms with van der Waals surface area (Å²) in [5.41, 5.74) is 15.4. The Balaban J connectivity index is 1.86. The molecule has 0 atom stereocenters. The van der Waals surface area contributed by atoms with Crippen molar-refractivity contribution in [3.8, 4) is 16.8 Å². The van der Waals surface area contributed by atoms with Crippen molar-refractivity contribution in [2.45, 2.75) is 6.92 Å². The van der Waals surface area contributed by atoms with Crippen molar-refractivity contribution >= 4 is 33.4 Å². The first kappa shape index (κ1) is 18.1. The highest BCUT2D eigenvalue weighted by molar-refractivity contribution is 5.91. The van der Waals surface area contributed by atoms with Crippen molar-refractivity contribution in [1.82, 2.24) is 4.98 Å². The molecule has 1 heterocycles. The number of benzene rings is 4. The van der Waals surface area contributed by atoms with Gasteiger partial charge in [0.15, 0.2) is 0 Å². The van der Waals surface area contributed by atoms with Crippen LogP contribution in [0.3, 0.4) is 0 Å². The summed E-state index contributed by atoms with van der Waals surface area (Å²) in [6, 6.07) is 31.0. The summed E-state index contributed by atoms with van der Waals surface area (Å²) in [7, 11) is 0. The van der Waals surface area contributed by atoms with Gasteiger partial charge in [-0.25, -0.2) is 4.98 Å². The average Bonchev–Trinajstić information content (AvgIpc) is 2.79. The number of nitrogen functional groups attached to an aromatic ring is 1. The Hall–Kier alpha value is -3.92. The van der Waals surface area contributed by atoms with Crippen LogP contribution < -0.4 is 15.6 Å². The fourth-order valence-electron chi connectivity index (χ4n) is 3.96. The topological polar surface area (TPSA) is 54.8 Å². The standard InChI is InChI=1S/C26H22N4/c1-2-28-19-13-14-23-25(15-19)30(20-11-7-4-8-12-20)26-17-22(27)21(16-24(26)29-23)18-9-5-3-6-10-18/h3-17H,2H2,1H3,(H2,27,28)/p+1. The molecule has 0 fully saturated rings. The van der Waals surface area contributed by atoms with Crippen molar-refractivity contribution in [2.75, 3.05) is 17.6 Å². The van der Waals surface area contributed by atoms with E-state index in [0.717, 1.165) is 56.8 Å². The molecule has 0 aliphatic heterocycles. The van der Waals surface area contributed by atoms with Gasteiger partial charge in [0.2, 0.25) is 16.7 Å². The molecule has 146 valence electrons. The molecule has 4 heteroatoms. The number of hydrogen-bond donors (Lipinski definition) is 2. The van der Waals surface area contributed by atoms with Gasteiger partial charge < -0.3 is 11.1 Å². The van der Waals surface area contributed by atoms with Crippen LogP contribution in [0.5, 0.6) is 0 Å². The van der Waals surface area contributed by atoms with E-state index in [9.17, 15) is 0 Å². The van der Waals surface area contributed by atoms with E-state index in [1.165, 1.54) is 0 Å². The Morgan fingerprint density at radius 2 is 1.50 bits per heavy atom. The van der Waals surface area contributed by atoms with E-state index in [4.69, 9.17) is 10.7 Å². The normalized spacial score (nSPS) is 11.1. The zero-order valence-electron chi connectivity index (χ0n) is 16.8. The molecule has 0 bridgehead atoms. The number of nitrogens with one attached hydrogen (secondary N) is 1. The van der Waals surface area contributed by atoms with Gasteiger partial charge in [0, 0.05) is 47.7 Å². The fourth-order valence-corrected chi connectivity index (χ4v) is 3.96. The molecule has 4 aromatic carbocycles. The molecule has 1 aromatic heterocycles. The van der Waals surface area contributed by atoms with Gasteiger partial charge in [-0.2, -0.15) is 0 Å². The summed E-state index contributed by atoms with van der Waals surface area (Å²) in [6.07, 6.45) is 0. The summed E-state index contributed by atoms with van der Waals surface area (Å²) in [5.74, 6) is 0. The van der Waals surface area contributed by atoms with Crippen molar-refractivity contribution in [2.24, 2.45) is 0 Å². The van der Waals surface area contributed by atoms with E-state index in [1.54, 1.807) is 0 Å². The minimum atomic E-state index is 0.738. The maximum absolute atomic E-state index is 6.53. The first-order valence-corrected chi connectivity index (χ1v) is 10.2. The van der Waals surface area contributed by atoms with E-state index in [1.807, 2.05) is 30.3 Å². The molecule has 0 saturated heterocycles. The molecule has 30 heavy (non-hydrogen) atoms. The first-order valence-electron chi connectivity index (χ1n) is 10.2. The van der Waals surface area contributed by atoms with Gasteiger partial charge in [-0.1, -0.05) is 48.5 Å². The van der Waals surface area contributed by atoms with Gasteiger partial charge in [0.1, 0.15) is 11.0 Å². The highest BCUT2D eigenvalue weighted by Gasteiger charge is 2.21. The third kappa shape index (κ3) is 3.12. The van der Waals surface area contributed by atoms with Crippen LogP contribution in [0.15, 0.2) is 91.0 Å². The van der Waals surface area contributed by atoms with Gasteiger partial charge in [-0.3, -0.25) is 0 Å². The zero-order valence-corrected chi connectivity index (χ0v) is 16.8. The Bertz CT molecular complexity index is 1350. The van der Waals surface area contributed by atoms with Gasteiger partial charge in [0.05, 0.1) is 0 Å². The number of hydrogen-bond acceptors (Lipinski definition) is 3. The highest BCUT2D eigenvalue weighted by atomic mass is 15.0. The lowest BCUT2D eigenvalue weighted by Crippen LogP contribution is -2.33. The molecule has 0 amide bonds. The molecule has 0 aliphatic carbocycles. The van der Waals surface area contributed by atoms with Crippen molar-refractivity contribution in [3.63, 3.8) is 0 Å². The predicted molar refractivity (Wildman–Crippen MR) is 125 cm³/mol. The van der Waals surface area contributed by atoms with Crippen LogP contribution in [0.2, 0.25) is 0 Å². The number of anilines is 2. The zero-order chi connectivity index (χ0) is 20.5. The second-order valence-corrected chi connectivity index (χ2v) is 7.31. The van der Waals surface area contributed by atoms with Crippen LogP contribution in [-0.2, 0) is 0 Å². The van der Waals surface area contributed by atoms with Gasteiger partial charge in [0.25, 0.3) is 0 Å². The van der Waals surface area contributed by atoms with Crippen molar-refractivity contribution in [1.29, 1.82) is 0 Å².